The van der Waals surface area contributed by atoms with Gasteiger partial charge >= 0.3 is 5.51 Å². The van der Waals surface area contributed by atoms with Crippen molar-refractivity contribution < 1.29 is 17.4 Å². The highest BCUT2D eigenvalue weighted by atomic mass is 127. The SMILES string of the molecule is N=S(=O)(c1ccccc1I)C(F)(F)F. The first-order valence-electron chi connectivity index (χ1n) is 3.36. The van der Waals surface area contributed by atoms with Crippen LogP contribution in [0.15, 0.2) is 29.2 Å². The van der Waals surface area contributed by atoms with Crippen LogP contribution in [0.1, 0.15) is 0 Å². The van der Waals surface area contributed by atoms with Crippen LogP contribution < -0.4 is 0 Å². The molecule has 0 aliphatic heterocycles. The number of benzene rings is 1. The van der Waals surface area contributed by atoms with Crippen LogP contribution in [0.25, 0.3) is 0 Å². The van der Waals surface area contributed by atoms with Crippen molar-refractivity contribution in [3.05, 3.63) is 27.8 Å². The van der Waals surface area contributed by atoms with E-state index in [2.05, 4.69) is 0 Å². The van der Waals surface area contributed by atoms with Gasteiger partial charge in [-0.1, -0.05) is 12.1 Å². The number of hydrogen-bond acceptors (Lipinski definition) is 2. The van der Waals surface area contributed by atoms with Crippen LogP contribution in [-0.4, -0.2) is 9.72 Å². The van der Waals surface area contributed by atoms with E-state index in [-0.39, 0.29) is 3.57 Å². The Kier molecular flexibility index (Phi) is 3.10. The van der Waals surface area contributed by atoms with Gasteiger partial charge in [0, 0.05) is 3.57 Å². The maximum absolute atomic E-state index is 12.2. The molecule has 0 bridgehead atoms. The minimum absolute atomic E-state index is 0.183. The van der Waals surface area contributed by atoms with E-state index < -0.39 is 20.1 Å². The summed E-state index contributed by atoms with van der Waals surface area (Å²) >= 11 is 1.63. The molecule has 0 aromatic heterocycles. The Balaban J connectivity index is 3.40. The summed E-state index contributed by atoms with van der Waals surface area (Å²) in [5, 5.41) is 0. The zero-order chi connectivity index (χ0) is 11.0. The summed E-state index contributed by atoms with van der Waals surface area (Å²) in [4.78, 5) is -0.479. The van der Waals surface area contributed by atoms with E-state index in [0.29, 0.717) is 0 Å². The van der Waals surface area contributed by atoms with Crippen LogP contribution >= 0.6 is 22.6 Å². The first kappa shape index (κ1) is 11.8. The van der Waals surface area contributed by atoms with Crippen LogP contribution in [0.4, 0.5) is 13.2 Å². The lowest BCUT2D eigenvalue weighted by Gasteiger charge is -2.12. The molecule has 0 heterocycles. The molecule has 1 aromatic rings. The Morgan fingerprint density at radius 1 is 1.29 bits per heavy atom. The van der Waals surface area contributed by atoms with Crippen molar-refractivity contribution in [1.82, 2.24) is 0 Å². The lowest BCUT2D eigenvalue weighted by Crippen LogP contribution is -2.22. The van der Waals surface area contributed by atoms with E-state index in [4.69, 9.17) is 4.78 Å². The fourth-order valence-corrected chi connectivity index (χ4v) is 2.98. The minimum atomic E-state index is -5.02. The average molecular weight is 335 g/mol. The molecule has 1 rings (SSSR count). The number of alkyl halides is 3. The van der Waals surface area contributed by atoms with Crippen LogP contribution in [0, 0.1) is 8.35 Å². The van der Waals surface area contributed by atoms with Crippen molar-refractivity contribution in [3.8, 4) is 0 Å². The van der Waals surface area contributed by atoms with Crippen LogP contribution in [-0.2, 0) is 9.73 Å². The Morgan fingerprint density at radius 3 is 2.21 bits per heavy atom. The fourth-order valence-electron chi connectivity index (χ4n) is 0.803. The molecule has 1 N–H and O–H groups in total. The quantitative estimate of drug-likeness (QED) is 0.787. The van der Waals surface area contributed by atoms with Gasteiger partial charge in [-0.2, -0.15) is 13.2 Å². The van der Waals surface area contributed by atoms with Gasteiger partial charge in [0.25, 0.3) is 0 Å². The Hall–Kier alpha value is -0.310. The molecule has 0 radical (unpaired) electrons. The highest BCUT2D eigenvalue weighted by Crippen LogP contribution is 2.33. The van der Waals surface area contributed by atoms with Gasteiger partial charge in [-0.25, -0.2) is 8.99 Å². The second-order valence-electron chi connectivity index (χ2n) is 2.43. The van der Waals surface area contributed by atoms with Crippen LogP contribution in [0.5, 0.6) is 0 Å². The summed E-state index contributed by atoms with van der Waals surface area (Å²) in [5.41, 5.74) is -5.02. The fraction of sp³-hybridized carbons (Fsp3) is 0.143. The first-order valence-corrected chi connectivity index (χ1v) is 6.00. The molecule has 7 heteroatoms. The van der Waals surface area contributed by atoms with Gasteiger partial charge in [0.05, 0.1) is 4.90 Å². The molecule has 0 aliphatic rings. The maximum atomic E-state index is 12.2. The molecule has 0 spiro atoms. The van der Waals surface area contributed by atoms with Gasteiger partial charge in [-0.15, -0.1) is 0 Å². The molecular formula is C7H5F3INOS. The van der Waals surface area contributed by atoms with Gasteiger partial charge in [0.1, 0.15) is 0 Å². The van der Waals surface area contributed by atoms with Crippen molar-refractivity contribution in [2.75, 3.05) is 0 Å². The van der Waals surface area contributed by atoms with Crippen molar-refractivity contribution in [2.45, 2.75) is 10.4 Å². The molecule has 78 valence electrons. The molecular weight excluding hydrogens is 330 g/mol. The highest BCUT2D eigenvalue weighted by Gasteiger charge is 2.43. The summed E-state index contributed by atoms with van der Waals surface area (Å²) in [6.45, 7) is 0. The van der Waals surface area contributed by atoms with Crippen molar-refractivity contribution in [1.29, 1.82) is 4.78 Å². The topological polar surface area (TPSA) is 40.9 Å². The monoisotopic (exact) mass is 335 g/mol. The second kappa shape index (κ2) is 3.69. The summed E-state index contributed by atoms with van der Waals surface area (Å²) in [6, 6.07) is 5.30. The van der Waals surface area contributed by atoms with Gasteiger partial charge < -0.3 is 0 Å². The van der Waals surface area contributed by atoms with Crippen LogP contribution in [0.2, 0.25) is 0 Å². The Labute approximate surface area is 92.6 Å². The predicted molar refractivity (Wildman–Crippen MR) is 54.3 cm³/mol. The highest BCUT2D eigenvalue weighted by molar-refractivity contribution is 14.1. The Bertz CT molecular complexity index is 440. The zero-order valence-electron chi connectivity index (χ0n) is 6.64. The Morgan fingerprint density at radius 2 is 1.79 bits per heavy atom. The smallest absolute Gasteiger partial charge is 0.241 e. The maximum Gasteiger partial charge on any atom is 0.483 e. The third-order valence-electron chi connectivity index (χ3n) is 1.47. The molecule has 0 saturated carbocycles. The molecule has 1 atom stereocenters. The minimum Gasteiger partial charge on any atom is -0.241 e. The van der Waals surface area contributed by atoms with Gasteiger partial charge in [-0.05, 0) is 34.7 Å². The molecule has 14 heavy (non-hydrogen) atoms. The summed E-state index contributed by atoms with van der Waals surface area (Å²) in [6.07, 6.45) is 0. The third-order valence-corrected chi connectivity index (χ3v) is 4.41. The van der Waals surface area contributed by atoms with E-state index in [1.54, 1.807) is 22.6 Å². The van der Waals surface area contributed by atoms with E-state index >= 15 is 0 Å². The standard InChI is InChI=1S/C7H5F3INOS/c8-7(9,10)14(12,13)6-4-2-1-3-5(6)11/h1-4,12H. The van der Waals surface area contributed by atoms with E-state index in [1.165, 1.54) is 18.2 Å². The normalized spacial score (nSPS) is 16.3. The van der Waals surface area contributed by atoms with Crippen molar-refractivity contribution >= 4 is 32.3 Å². The van der Waals surface area contributed by atoms with Crippen molar-refractivity contribution in [3.63, 3.8) is 0 Å². The summed E-state index contributed by atoms with van der Waals surface area (Å²) in [5.74, 6) is 0. The lowest BCUT2D eigenvalue weighted by atomic mass is 10.4. The number of rotatable bonds is 1. The van der Waals surface area contributed by atoms with Crippen LogP contribution in [0.3, 0.4) is 0 Å². The first-order chi connectivity index (χ1) is 6.27. The van der Waals surface area contributed by atoms with Gasteiger partial charge in [-0.3, -0.25) is 0 Å². The van der Waals surface area contributed by atoms with E-state index in [9.17, 15) is 17.4 Å². The largest absolute Gasteiger partial charge is 0.483 e. The lowest BCUT2D eigenvalue weighted by molar-refractivity contribution is -0.0407. The number of nitrogens with one attached hydrogen (secondary N) is 1. The van der Waals surface area contributed by atoms with Gasteiger partial charge in [0.15, 0.2) is 9.73 Å². The third kappa shape index (κ3) is 2.02. The van der Waals surface area contributed by atoms with E-state index in [1.807, 2.05) is 0 Å². The summed E-state index contributed by atoms with van der Waals surface area (Å²) < 4.78 is 54.9. The molecule has 2 nitrogen and oxygen atoms in total. The molecule has 1 aromatic carbocycles. The summed E-state index contributed by atoms with van der Waals surface area (Å²) in [7, 11) is -4.71. The molecule has 0 fully saturated rings. The molecule has 0 saturated heterocycles. The number of halogens is 4. The van der Waals surface area contributed by atoms with Gasteiger partial charge in [0.2, 0.25) is 0 Å². The predicted octanol–water partition coefficient (Wildman–Crippen LogP) is 3.22. The second-order valence-corrected chi connectivity index (χ2v) is 5.61. The number of hydrogen-bond donors (Lipinski definition) is 1. The molecule has 0 amide bonds. The van der Waals surface area contributed by atoms with E-state index in [0.717, 1.165) is 6.07 Å². The molecule has 1 unspecified atom stereocenters. The molecule has 0 aliphatic carbocycles. The zero-order valence-corrected chi connectivity index (χ0v) is 9.61. The van der Waals surface area contributed by atoms with Crippen molar-refractivity contribution in [2.24, 2.45) is 0 Å². The average Bonchev–Trinajstić information content (AvgIpc) is 2.02.